The lowest BCUT2D eigenvalue weighted by Gasteiger charge is -2.10. The minimum atomic E-state index is -0.442. The zero-order chi connectivity index (χ0) is 11.4. The minimum Gasteiger partial charge on any atom is -0.507 e. The SMILES string of the molecule is C=CCc1c(C(=O)OC)ccc(C)c1O. The van der Waals surface area contributed by atoms with Crippen molar-refractivity contribution in [2.45, 2.75) is 13.3 Å². The summed E-state index contributed by atoms with van der Waals surface area (Å²) in [5.41, 5.74) is 1.69. The molecule has 0 bridgehead atoms. The van der Waals surface area contributed by atoms with Gasteiger partial charge in [-0.2, -0.15) is 0 Å². The van der Waals surface area contributed by atoms with Gasteiger partial charge >= 0.3 is 5.97 Å². The van der Waals surface area contributed by atoms with Crippen LogP contribution in [0.3, 0.4) is 0 Å². The number of benzene rings is 1. The maximum atomic E-state index is 11.4. The van der Waals surface area contributed by atoms with Gasteiger partial charge in [0.15, 0.2) is 0 Å². The molecule has 0 heterocycles. The topological polar surface area (TPSA) is 46.5 Å². The molecule has 1 aromatic rings. The van der Waals surface area contributed by atoms with Crippen LogP contribution in [0.25, 0.3) is 0 Å². The first kappa shape index (κ1) is 11.3. The number of phenols is 1. The number of methoxy groups -OCH3 is 1. The Labute approximate surface area is 89.0 Å². The van der Waals surface area contributed by atoms with Crippen LogP contribution in [0.4, 0.5) is 0 Å². The van der Waals surface area contributed by atoms with E-state index in [0.717, 1.165) is 5.56 Å². The average molecular weight is 206 g/mol. The first-order chi connectivity index (χ1) is 7.11. The summed E-state index contributed by atoms with van der Waals surface area (Å²) in [5.74, 6) is -0.306. The fourth-order valence-electron chi connectivity index (χ4n) is 1.41. The van der Waals surface area contributed by atoms with Crippen molar-refractivity contribution in [1.82, 2.24) is 0 Å². The van der Waals surface area contributed by atoms with Gasteiger partial charge in [-0.1, -0.05) is 12.1 Å². The molecule has 3 nitrogen and oxygen atoms in total. The fraction of sp³-hybridized carbons (Fsp3) is 0.250. The van der Waals surface area contributed by atoms with Crippen molar-refractivity contribution in [3.63, 3.8) is 0 Å². The highest BCUT2D eigenvalue weighted by Gasteiger charge is 2.15. The van der Waals surface area contributed by atoms with Crippen LogP contribution in [0.15, 0.2) is 24.8 Å². The molecular formula is C12H14O3. The molecular weight excluding hydrogens is 192 g/mol. The van der Waals surface area contributed by atoms with Crippen molar-refractivity contribution in [1.29, 1.82) is 0 Å². The van der Waals surface area contributed by atoms with E-state index >= 15 is 0 Å². The molecule has 0 amide bonds. The second-order valence-electron chi connectivity index (χ2n) is 3.24. The van der Waals surface area contributed by atoms with Gasteiger partial charge in [-0.05, 0) is 25.0 Å². The number of ether oxygens (including phenoxy) is 1. The summed E-state index contributed by atoms with van der Waals surface area (Å²) >= 11 is 0. The normalized spacial score (nSPS) is 9.73. The van der Waals surface area contributed by atoms with Crippen molar-refractivity contribution < 1.29 is 14.6 Å². The van der Waals surface area contributed by atoms with Gasteiger partial charge in [0.1, 0.15) is 5.75 Å². The smallest absolute Gasteiger partial charge is 0.338 e. The molecule has 0 aliphatic carbocycles. The van der Waals surface area contributed by atoms with Gasteiger partial charge in [0.05, 0.1) is 12.7 Å². The Morgan fingerprint density at radius 2 is 2.27 bits per heavy atom. The zero-order valence-corrected chi connectivity index (χ0v) is 8.91. The van der Waals surface area contributed by atoms with E-state index in [1.54, 1.807) is 25.1 Å². The molecule has 0 atom stereocenters. The zero-order valence-electron chi connectivity index (χ0n) is 8.91. The number of aryl methyl sites for hydroxylation is 1. The monoisotopic (exact) mass is 206 g/mol. The quantitative estimate of drug-likeness (QED) is 0.609. The third-order valence-corrected chi connectivity index (χ3v) is 2.24. The highest BCUT2D eigenvalue weighted by Crippen LogP contribution is 2.26. The van der Waals surface area contributed by atoms with Gasteiger partial charge in [-0.3, -0.25) is 0 Å². The Bertz CT molecular complexity index is 394. The summed E-state index contributed by atoms with van der Waals surface area (Å²) in [6, 6.07) is 3.34. The molecule has 0 unspecified atom stereocenters. The number of allylic oxidation sites excluding steroid dienone is 1. The molecule has 1 aromatic carbocycles. The lowest BCUT2D eigenvalue weighted by molar-refractivity contribution is 0.0599. The molecule has 1 N–H and O–H groups in total. The summed E-state index contributed by atoms with van der Waals surface area (Å²) < 4.78 is 4.63. The van der Waals surface area contributed by atoms with Crippen molar-refractivity contribution >= 4 is 5.97 Å². The highest BCUT2D eigenvalue weighted by molar-refractivity contribution is 5.92. The molecule has 0 aliphatic heterocycles. The van der Waals surface area contributed by atoms with Crippen LogP contribution in [-0.2, 0) is 11.2 Å². The third-order valence-electron chi connectivity index (χ3n) is 2.24. The summed E-state index contributed by atoms with van der Waals surface area (Å²) in [4.78, 5) is 11.4. The lowest BCUT2D eigenvalue weighted by atomic mass is 10.00. The van der Waals surface area contributed by atoms with E-state index in [9.17, 15) is 9.90 Å². The van der Waals surface area contributed by atoms with E-state index in [4.69, 9.17) is 0 Å². The fourth-order valence-corrected chi connectivity index (χ4v) is 1.41. The maximum absolute atomic E-state index is 11.4. The van der Waals surface area contributed by atoms with E-state index in [1.807, 2.05) is 0 Å². The summed E-state index contributed by atoms with van der Waals surface area (Å²) in [6.45, 7) is 5.37. The largest absolute Gasteiger partial charge is 0.507 e. The molecule has 0 aliphatic rings. The van der Waals surface area contributed by atoms with Crippen molar-refractivity contribution in [2.75, 3.05) is 7.11 Å². The van der Waals surface area contributed by atoms with Crippen LogP contribution in [0.2, 0.25) is 0 Å². The molecule has 0 fully saturated rings. The molecule has 0 spiro atoms. The molecule has 0 saturated heterocycles. The Morgan fingerprint density at radius 1 is 1.60 bits per heavy atom. The van der Waals surface area contributed by atoms with Gasteiger partial charge in [0.25, 0.3) is 0 Å². The maximum Gasteiger partial charge on any atom is 0.338 e. The Morgan fingerprint density at radius 3 is 2.80 bits per heavy atom. The number of carbonyl (C=O) groups excluding carboxylic acids is 1. The molecule has 0 saturated carbocycles. The first-order valence-electron chi connectivity index (χ1n) is 4.62. The minimum absolute atomic E-state index is 0.137. The number of hydrogen-bond acceptors (Lipinski definition) is 3. The van der Waals surface area contributed by atoms with E-state index in [2.05, 4.69) is 11.3 Å². The van der Waals surface area contributed by atoms with Gasteiger partial charge in [0, 0.05) is 5.56 Å². The van der Waals surface area contributed by atoms with Crippen LogP contribution in [-0.4, -0.2) is 18.2 Å². The Hall–Kier alpha value is -1.77. The standard InChI is InChI=1S/C12H14O3/c1-4-5-9-10(12(14)15-3)7-6-8(2)11(9)13/h4,6-7,13H,1,5H2,2-3H3. The molecule has 0 aromatic heterocycles. The van der Waals surface area contributed by atoms with Crippen LogP contribution >= 0.6 is 0 Å². The van der Waals surface area contributed by atoms with Crippen LogP contribution < -0.4 is 0 Å². The number of carbonyl (C=O) groups is 1. The van der Waals surface area contributed by atoms with Crippen LogP contribution in [0.1, 0.15) is 21.5 Å². The Balaban J connectivity index is 3.32. The molecule has 3 heteroatoms. The van der Waals surface area contributed by atoms with E-state index in [1.165, 1.54) is 7.11 Å². The summed E-state index contributed by atoms with van der Waals surface area (Å²) in [7, 11) is 1.32. The second kappa shape index (κ2) is 4.64. The second-order valence-corrected chi connectivity index (χ2v) is 3.24. The predicted octanol–water partition coefficient (Wildman–Crippen LogP) is 2.22. The summed E-state index contributed by atoms with van der Waals surface area (Å²) in [5, 5.41) is 9.80. The molecule has 1 rings (SSSR count). The highest BCUT2D eigenvalue weighted by atomic mass is 16.5. The number of rotatable bonds is 3. The summed E-state index contributed by atoms with van der Waals surface area (Å²) in [6.07, 6.45) is 2.08. The van der Waals surface area contributed by atoms with Crippen molar-refractivity contribution in [3.8, 4) is 5.75 Å². The number of esters is 1. The van der Waals surface area contributed by atoms with Crippen LogP contribution in [0, 0.1) is 6.92 Å². The van der Waals surface area contributed by atoms with Gasteiger partial charge < -0.3 is 9.84 Å². The number of aromatic hydroxyl groups is 1. The Kier molecular flexibility index (Phi) is 3.50. The van der Waals surface area contributed by atoms with Crippen molar-refractivity contribution in [2.24, 2.45) is 0 Å². The third kappa shape index (κ3) is 2.18. The molecule has 15 heavy (non-hydrogen) atoms. The number of hydrogen-bond donors (Lipinski definition) is 1. The van der Waals surface area contributed by atoms with E-state index < -0.39 is 5.97 Å². The number of phenolic OH excluding ortho intramolecular Hbond substituents is 1. The van der Waals surface area contributed by atoms with E-state index in [-0.39, 0.29) is 5.75 Å². The predicted molar refractivity (Wildman–Crippen MR) is 58.1 cm³/mol. The molecule has 80 valence electrons. The first-order valence-corrected chi connectivity index (χ1v) is 4.62. The van der Waals surface area contributed by atoms with Gasteiger partial charge in [0.2, 0.25) is 0 Å². The van der Waals surface area contributed by atoms with E-state index in [0.29, 0.717) is 17.5 Å². The molecule has 0 radical (unpaired) electrons. The average Bonchev–Trinajstić information content (AvgIpc) is 2.24. The van der Waals surface area contributed by atoms with Crippen molar-refractivity contribution in [3.05, 3.63) is 41.5 Å². The van der Waals surface area contributed by atoms with Gasteiger partial charge in [-0.25, -0.2) is 4.79 Å². The van der Waals surface area contributed by atoms with Crippen LogP contribution in [0.5, 0.6) is 5.75 Å². The van der Waals surface area contributed by atoms with Gasteiger partial charge in [-0.15, -0.1) is 6.58 Å². The lowest BCUT2D eigenvalue weighted by Crippen LogP contribution is -2.06.